The van der Waals surface area contributed by atoms with E-state index in [1.807, 2.05) is 0 Å². The molecule has 0 radical (unpaired) electrons. The number of fused-ring (bicyclic) bond motifs is 1. The molecule has 0 bridgehead atoms. The van der Waals surface area contributed by atoms with Crippen LogP contribution in [0.4, 0.5) is 0 Å². The number of hydrogen-bond donors (Lipinski definition) is 0. The minimum atomic E-state index is 0.466. The van der Waals surface area contributed by atoms with E-state index >= 15 is 0 Å². The van der Waals surface area contributed by atoms with Crippen molar-refractivity contribution < 1.29 is 9.47 Å². The third-order valence-electron chi connectivity index (χ3n) is 2.46. The summed E-state index contributed by atoms with van der Waals surface area (Å²) in [5.74, 6) is 0. The van der Waals surface area contributed by atoms with Crippen LogP contribution >= 0.6 is 0 Å². The van der Waals surface area contributed by atoms with Crippen molar-refractivity contribution in [3.8, 4) is 0 Å². The molecule has 0 N–H and O–H groups in total. The van der Waals surface area contributed by atoms with Crippen LogP contribution in [0.5, 0.6) is 0 Å². The van der Waals surface area contributed by atoms with Crippen LogP contribution in [0.25, 0.3) is 0 Å². The number of epoxide rings is 2. The van der Waals surface area contributed by atoms with E-state index in [-0.39, 0.29) is 0 Å². The second kappa shape index (κ2) is 1.63. The van der Waals surface area contributed by atoms with Gasteiger partial charge in [-0.25, -0.2) is 0 Å². The first kappa shape index (κ1) is 5.33. The Labute approximate surface area is 59.8 Å². The van der Waals surface area contributed by atoms with E-state index in [0.29, 0.717) is 18.3 Å². The maximum Gasteiger partial charge on any atom is 0.103 e. The highest BCUT2D eigenvalue weighted by Gasteiger charge is 2.42. The molecule has 2 heterocycles. The average Bonchev–Trinajstić information content (AvgIpc) is 2.83. The molecule has 2 fully saturated rings. The molecule has 1 aliphatic carbocycles. The molecular weight excluding hydrogens is 128 g/mol. The lowest BCUT2D eigenvalue weighted by Gasteiger charge is -2.05. The summed E-state index contributed by atoms with van der Waals surface area (Å²) in [4.78, 5) is 0. The van der Waals surface area contributed by atoms with Gasteiger partial charge in [0.05, 0.1) is 12.7 Å². The Bertz CT molecular complexity index is 193. The van der Waals surface area contributed by atoms with E-state index in [1.54, 1.807) is 0 Å². The molecule has 54 valence electrons. The van der Waals surface area contributed by atoms with Crippen molar-refractivity contribution in [3.05, 3.63) is 11.6 Å². The third-order valence-corrected chi connectivity index (χ3v) is 2.46. The summed E-state index contributed by atoms with van der Waals surface area (Å²) in [6.45, 7) is 0.948. The van der Waals surface area contributed by atoms with Gasteiger partial charge in [-0.15, -0.1) is 0 Å². The third kappa shape index (κ3) is 0.724. The van der Waals surface area contributed by atoms with Crippen LogP contribution < -0.4 is 0 Å². The molecule has 2 saturated heterocycles. The lowest BCUT2D eigenvalue weighted by molar-refractivity contribution is 0.383. The van der Waals surface area contributed by atoms with Gasteiger partial charge in [-0.3, -0.25) is 0 Å². The Kier molecular flexibility index (Phi) is 0.868. The van der Waals surface area contributed by atoms with E-state index in [9.17, 15) is 0 Å². The van der Waals surface area contributed by atoms with Crippen LogP contribution in [0.3, 0.4) is 0 Å². The smallest absolute Gasteiger partial charge is 0.103 e. The molecule has 3 atom stereocenters. The molecule has 0 spiro atoms. The zero-order valence-corrected chi connectivity index (χ0v) is 5.75. The fraction of sp³-hybridized carbons (Fsp3) is 0.750. The van der Waals surface area contributed by atoms with E-state index in [1.165, 1.54) is 18.4 Å². The Balaban J connectivity index is 1.82. The van der Waals surface area contributed by atoms with Crippen LogP contribution in [-0.4, -0.2) is 24.9 Å². The zero-order valence-electron chi connectivity index (χ0n) is 5.75. The van der Waals surface area contributed by atoms with Crippen LogP contribution in [0.15, 0.2) is 11.6 Å². The van der Waals surface area contributed by atoms with Crippen LogP contribution in [0.1, 0.15) is 12.8 Å². The van der Waals surface area contributed by atoms with E-state index < -0.39 is 0 Å². The first-order valence-electron chi connectivity index (χ1n) is 3.91. The first-order valence-corrected chi connectivity index (χ1v) is 3.91. The molecule has 3 unspecified atom stereocenters. The van der Waals surface area contributed by atoms with E-state index in [0.717, 1.165) is 6.61 Å². The Morgan fingerprint density at radius 1 is 1.50 bits per heavy atom. The summed E-state index contributed by atoms with van der Waals surface area (Å²) >= 11 is 0. The Morgan fingerprint density at radius 2 is 2.40 bits per heavy atom. The summed E-state index contributed by atoms with van der Waals surface area (Å²) in [5.41, 5.74) is 1.48. The Hall–Kier alpha value is -0.340. The summed E-state index contributed by atoms with van der Waals surface area (Å²) in [6.07, 6.45) is 6.19. The summed E-state index contributed by atoms with van der Waals surface area (Å²) < 4.78 is 10.5. The van der Waals surface area contributed by atoms with E-state index in [2.05, 4.69) is 6.08 Å². The topological polar surface area (TPSA) is 25.1 Å². The van der Waals surface area contributed by atoms with Crippen LogP contribution in [-0.2, 0) is 9.47 Å². The lowest BCUT2D eigenvalue weighted by atomic mass is 9.98. The molecule has 2 nitrogen and oxygen atoms in total. The molecule has 0 amide bonds. The predicted octanol–water partition coefficient (Wildman–Crippen LogP) is 0.873. The molecule has 0 aromatic heterocycles. The van der Waals surface area contributed by atoms with Gasteiger partial charge in [-0.05, 0) is 18.4 Å². The fourth-order valence-electron chi connectivity index (χ4n) is 1.67. The lowest BCUT2D eigenvalue weighted by Crippen LogP contribution is -2.04. The van der Waals surface area contributed by atoms with Crippen molar-refractivity contribution in [2.45, 2.75) is 31.2 Å². The summed E-state index contributed by atoms with van der Waals surface area (Å²) in [5, 5.41) is 0. The van der Waals surface area contributed by atoms with Gasteiger partial charge in [-0.2, -0.15) is 0 Å². The highest BCUT2D eigenvalue weighted by atomic mass is 16.6. The van der Waals surface area contributed by atoms with Gasteiger partial charge in [-0.1, -0.05) is 6.08 Å². The second-order valence-corrected chi connectivity index (χ2v) is 3.24. The standard InChI is InChI=1S/C8H10O2/c1-2-6-7(10-6)3-5(1)8-4-9-8/h3,6-8H,1-2,4H2. The van der Waals surface area contributed by atoms with Crippen molar-refractivity contribution in [1.82, 2.24) is 0 Å². The molecule has 3 aliphatic rings. The number of rotatable bonds is 1. The number of hydrogen-bond acceptors (Lipinski definition) is 2. The van der Waals surface area contributed by atoms with Gasteiger partial charge in [0.15, 0.2) is 0 Å². The van der Waals surface area contributed by atoms with Gasteiger partial charge in [0.25, 0.3) is 0 Å². The predicted molar refractivity (Wildman–Crippen MR) is 35.7 cm³/mol. The maximum absolute atomic E-state index is 5.35. The van der Waals surface area contributed by atoms with Crippen LogP contribution in [0, 0.1) is 0 Å². The molecule has 2 heteroatoms. The van der Waals surface area contributed by atoms with Crippen molar-refractivity contribution in [1.29, 1.82) is 0 Å². The first-order chi connectivity index (χ1) is 4.93. The summed E-state index contributed by atoms with van der Waals surface area (Å²) in [6, 6.07) is 0. The molecule has 0 saturated carbocycles. The summed E-state index contributed by atoms with van der Waals surface area (Å²) in [7, 11) is 0. The second-order valence-electron chi connectivity index (χ2n) is 3.24. The van der Waals surface area contributed by atoms with Crippen molar-refractivity contribution in [2.75, 3.05) is 6.61 Å². The number of ether oxygens (including phenoxy) is 2. The fourth-order valence-corrected chi connectivity index (χ4v) is 1.67. The van der Waals surface area contributed by atoms with Crippen molar-refractivity contribution in [2.24, 2.45) is 0 Å². The normalized spacial score (nSPS) is 49.6. The van der Waals surface area contributed by atoms with E-state index in [4.69, 9.17) is 9.47 Å². The monoisotopic (exact) mass is 138 g/mol. The van der Waals surface area contributed by atoms with Gasteiger partial charge in [0, 0.05) is 0 Å². The highest BCUT2D eigenvalue weighted by Crippen LogP contribution is 2.38. The quantitative estimate of drug-likeness (QED) is 0.397. The highest BCUT2D eigenvalue weighted by molar-refractivity contribution is 5.23. The van der Waals surface area contributed by atoms with Gasteiger partial charge in [0.1, 0.15) is 12.2 Å². The van der Waals surface area contributed by atoms with Crippen LogP contribution in [0.2, 0.25) is 0 Å². The van der Waals surface area contributed by atoms with Crippen molar-refractivity contribution in [3.63, 3.8) is 0 Å². The zero-order chi connectivity index (χ0) is 6.55. The van der Waals surface area contributed by atoms with Gasteiger partial charge < -0.3 is 9.47 Å². The molecule has 0 aromatic rings. The SMILES string of the molecule is C1=C(C2CO2)CCC2OC12. The minimum Gasteiger partial charge on any atom is -0.368 e. The molecule has 0 aromatic carbocycles. The largest absolute Gasteiger partial charge is 0.368 e. The van der Waals surface area contributed by atoms with Crippen molar-refractivity contribution >= 4 is 0 Å². The Morgan fingerprint density at radius 3 is 3.10 bits per heavy atom. The van der Waals surface area contributed by atoms with Gasteiger partial charge in [0.2, 0.25) is 0 Å². The average molecular weight is 138 g/mol. The molecule has 3 rings (SSSR count). The molecule has 2 aliphatic heterocycles. The minimum absolute atomic E-state index is 0.466. The maximum atomic E-state index is 5.35. The molecular formula is C8H10O2. The molecule has 10 heavy (non-hydrogen) atoms. The van der Waals surface area contributed by atoms with Gasteiger partial charge >= 0.3 is 0 Å².